The highest BCUT2D eigenvalue weighted by Crippen LogP contribution is 2.53. The molecule has 0 unspecified atom stereocenters. The molecule has 0 radical (unpaired) electrons. The molecule has 0 bridgehead atoms. The van der Waals surface area contributed by atoms with E-state index in [4.69, 9.17) is 16.1 Å². The Bertz CT molecular complexity index is 1320. The number of alkyl halides is 1. The lowest BCUT2D eigenvalue weighted by atomic mass is 9.68. The minimum atomic E-state index is -1.83. The van der Waals surface area contributed by atoms with Crippen LogP contribution in [-0.4, -0.2) is 29.2 Å². The summed E-state index contributed by atoms with van der Waals surface area (Å²) < 4.78 is 37.3. The Morgan fingerprint density at radius 1 is 1.30 bits per heavy atom. The molecule has 11 heteroatoms. The number of hydrogen-bond acceptors (Lipinski definition) is 6. The van der Waals surface area contributed by atoms with Crippen LogP contribution in [-0.2, 0) is 19.3 Å². The molecule has 0 saturated heterocycles. The number of aryl methyl sites for hydroxylation is 1. The summed E-state index contributed by atoms with van der Waals surface area (Å²) in [5.74, 6) is -0.434. The molecule has 5 rings (SSSR count). The molecule has 0 spiro atoms. The van der Waals surface area contributed by atoms with Crippen LogP contribution in [0.1, 0.15) is 36.0 Å². The van der Waals surface area contributed by atoms with E-state index < -0.39 is 11.5 Å². The Balaban J connectivity index is 1.34. The van der Waals surface area contributed by atoms with Crippen LogP contribution in [0.4, 0.5) is 8.78 Å². The second-order valence-electron chi connectivity index (χ2n) is 7.45. The van der Waals surface area contributed by atoms with Crippen LogP contribution in [0.15, 0.2) is 40.2 Å². The summed E-state index contributed by atoms with van der Waals surface area (Å²) >= 11 is 5.88. The van der Waals surface area contributed by atoms with Crippen molar-refractivity contribution in [3.63, 3.8) is 0 Å². The van der Waals surface area contributed by atoms with Crippen molar-refractivity contribution in [1.29, 1.82) is 0 Å². The van der Waals surface area contributed by atoms with Crippen molar-refractivity contribution in [2.75, 3.05) is 0 Å². The first kappa shape index (κ1) is 18.9. The van der Waals surface area contributed by atoms with Gasteiger partial charge in [-0.15, -0.1) is 0 Å². The van der Waals surface area contributed by atoms with Gasteiger partial charge in [0.25, 0.3) is 5.56 Å². The molecule has 1 fully saturated rings. The van der Waals surface area contributed by atoms with Gasteiger partial charge in [0.15, 0.2) is 17.0 Å². The van der Waals surface area contributed by atoms with Crippen molar-refractivity contribution in [1.82, 2.24) is 29.2 Å². The number of fused-ring (bicyclic) bond motifs is 1. The maximum Gasteiger partial charge on any atom is 0.280 e. The van der Waals surface area contributed by atoms with Gasteiger partial charge in [-0.05, 0) is 31.0 Å². The van der Waals surface area contributed by atoms with Gasteiger partial charge in [-0.2, -0.15) is 4.98 Å². The van der Waals surface area contributed by atoms with Gasteiger partial charge in [0.1, 0.15) is 24.4 Å². The van der Waals surface area contributed by atoms with Gasteiger partial charge in [0.2, 0.25) is 5.89 Å². The molecular weight excluding hydrogens is 418 g/mol. The van der Waals surface area contributed by atoms with Crippen molar-refractivity contribution >= 4 is 22.8 Å². The van der Waals surface area contributed by atoms with Gasteiger partial charge < -0.3 is 9.09 Å². The molecule has 1 aliphatic rings. The number of nitrogens with zero attached hydrogens (tertiary/aromatic N) is 6. The van der Waals surface area contributed by atoms with E-state index in [9.17, 15) is 9.18 Å². The van der Waals surface area contributed by atoms with Gasteiger partial charge in [-0.1, -0.05) is 16.8 Å². The van der Waals surface area contributed by atoms with E-state index in [1.54, 1.807) is 11.6 Å². The molecule has 0 atom stereocenters. The van der Waals surface area contributed by atoms with Gasteiger partial charge >= 0.3 is 0 Å². The number of halogens is 3. The van der Waals surface area contributed by atoms with E-state index in [1.165, 1.54) is 29.4 Å². The Labute approximate surface area is 173 Å². The number of hydrogen-bond donors (Lipinski definition) is 0. The molecule has 3 aromatic heterocycles. The predicted octanol–water partition coefficient (Wildman–Crippen LogP) is 3.10. The molecule has 8 nitrogen and oxygen atoms in total. The third-order valence-corrected chi connectivity index (χ3v) is 5.64. The Morgan fingerprint density at radius 2 is 2.07 bits per heavy atom. The third kappa shape index (κ3) is 2.98. The molecule has 1 saturated carbocycles. The Hall–Kier alpha value is -3.14. The van der Waals surface area contributed by atoms with Crippen molar-refractivity contribution in [2.45, 2.75) is 31.0 Å². The average molecular weight is 433 g/mol. The lowest BCUT2D eigenvalue weighted by molar-refractivity contribution is 0.0300. The normalized spacial score (nSPS) is 21.1. The smallest absolute Gasteiger partial charge is 0.280 e. The maximum atomic E-state index is 15.1. The van der Waals surface area contributed by atoms with Crippen LogP contribution < -0.4 is 5.56 Å². The monoisotopic (exact) mass is 432 g/mol. The Kier molecular flexibility index (Phi) is 4.21. The fourth-order valence-corrected chi connectivity index (χ4v) is 3.96. The molecule has 0 amide bonds. The lowest BCUT2D eigenvalue weighted by Gasteiger charge is -2.40. The van der Waals surface area contributed by atoms with Crippen molar-refractivity contribution in [3.8, 4) is 0 Å². The van der Waals surface area contributed by atoms with Crippen LogP contribution in [0.5, 0.6) is 0 Å². The zero-order chi connectivity index (χ0) is 21.0. The summed E-state index contributed by atoms with van der Waals surface area (Å²) in [5, 5.41) is 4.18. The number of rotatable bonds is 4. The van der Waals surface area contributed by atoms with Gasteiger partial charge in [0, 0.05) is 23.6 Å². The summed E-state index contributed by atoms with van der Waals surface area (Å²) in [6, 6.07) is 3.84. The van der Waals surface area contributed by atoms with E-state index in [0.717, 1.165) is 6.07 Å². The summed E-state index contributed by atoms with van der Waals surface area (Å²) in [6.07, 6.45) is 2.91. The number of imidazole rings is 1. The van der Waals surface area contributed by atoms with Crippen LogP contribution in [0, 0.1) is 5.82 Å². The van der Waals surface area contributed by atoms with Crippen LogP contribution in [0.2, 0.25) is 5.02 Å². The zero-order valence-electron chi connectivity index (χ0n) is 15.7. The first-order chi connectivity index (χ1) is 14.3. The second-order valence-corrected chi connectivity index (χ2v) is 7.88. The largest absolute Gasteiger partial charge is 0.337 e. The van der Waals surface area contributed by atoms with Gasteiger partial charge in [-0.3, -0.25) is 9.36 Å². The highest BCUT2D eigenvalue weighted by Gasteiger charge is 2.50. The third-order valence-electron chi connectivity index (χ3n) is 5.41. The first-order valence-electron chi connectivity index (χ1n) is 9.17. The molecule has 0 aliphatic heterocycles. The topological polar surface area (TPSA) is 91.6 Å². The second kappa shape index (κ2) is 6.69. The fraction of sp³-hybridized carbons (Fsp3) is 0.316. The predicted molar refractivity (Wildman–Crippen MR) is 102 cm³/mol. The zero-order valence-corrected chi connectivity index (χ0v) is 16.5. The van der Waals surface area contributed by atoms with Gasteiger partial charge in [-0.25, -0.2) is 18.7 Å². The summed E-state index contributed by atoms with van der Waals surface area (Å²) in [6.45, 7) is 0.0242. The molecule has 3 heterocycles. The maximum absolute atomic E-state index is 15.1. The molecule has 154 valence electrons. The highest BCUT2D eigenvalue weighted by atomic mass is 35.5. The van der Waals surface area contributed by atoms with E-state index >= 15 is 4.39 Å². The van der Waals surface area contributed by atoms with Crippen LogP contribution in [0.25, 0.3) is 11.2 Å². The molecule has 0 N–H and O–H groups in total. The molecule has 1 aromatic carbocycles. The molecule has 4 aromatic rings. The summed E-state index contributed by atoms with van der Waals surface area (Å²) in [5.41, 5.74) is -1.46. The minimum Gasteiger partial charge on any atom is -0.337 e. The molecule has 30 heavy (non-hydrogen) atoms. The SMILES string of the molecule is Cn1cnc2ncn(Cc3nc(C4CC(F)(c5cc(Cl)ccc5F)C4)no3)c(=O)c21. The Morgan fingerprint density at radius 3 is 2.87 bits per heavy atom. The molecule has 1 aliphatic carbocycles. The summed E-state index contributed by atoms with van der Waals surface area (Å²) in [4.78, 5) is 25.1. The lowest BCUT2D eigenvalue weighted by Crippen LogP contribution is -2.37. The average Bonchev–Trinajstić information content (AvgIpc) is 3.30. The fourth-order valence-electron chi connectivity index (χ4n) is 3.79. The van der Waals surface area contributed by atoms with Crippen LogP contribution >= 0.6 is 11.6 Å². The standard InChI is InChI=1S/C19H15ClF2N6O2/c1-27-8-23-17-15(27)18(29)28(9-24-17)7-14-25-16(26-30-14)10-5-19(22,6-10)12-4-11(20)2-3-13(12)21/h2-4,8-10H,5-7H2,1H3. The summed E-state index contributed by atoms with van der Waals surface area (Å²) in [7, 11) is 1.70. The van der Waals surface area contributed by atoms with E-state index in [2.05, 4.69) is 20.1 Å². The quantitative estimate of drug-likeness (QED) is 0.492. The van der Waals surface area contributed by atoms with E-state index in [-0.39, 0.29) is 47.3 Å². The minimum absolute atomic E-state index is 0.0196. The van der Waals surface area contributed by atoms with E-state index in [1.807, 2.05) is 0 Å². The van der Waals surface area contributed by atoms with E-state index in [0.29, 0.717) is 17.0 Å². The molecular formula is C19H15ClF2N6O2. The van der Waals surface area contributed by atoms with Crippen molar-refractivity contribution < 1.29 is 13.3 Å². The van der Waals surface area contributed by atoms with Gasteiger partial charge in [0.05, 0.1) is 6.33 Å². The van der Waals surface area contributed by atoms with Crippen LogP contribution in [0.3, 0.4) is 0 Å². The number of aromatic nitrogens is 6. The highest BCUT2D eigenvalue weighted by molar-refractivity contribution is 6.30. The van der Waals surface area contributed by atoms with Crippen molar-refractivity contribution in [2.24, 2.45) is 7.05 Å². The van der Waals surface area contributed by atoms with Crippen molar-refractivity contribution in [3.05, 3.63) is 69.3 Å². The number of benzene rings is 1. The first-order valence-corrected chi connectivity index (χ1v) is 9.55.